The van der Waals surface area contributed by atoms with Gasteiger partial charge in [-0.15, -0.1) is 0 Å². The van der Waals surface area contributed by atoms with Gasteiger partial charge in [-0.1, -0.05) is 32.0 Å². The van der Waals surface area contributed by atoms with Gasteiger partial charge in [-0.2, -0.15) is 0 Å². The predicted molar refractivity (Wildman–Crippen MR) is 103 cm³/mol. The maximum absolute atomic E-state index is 12.3. The Kier molecular flexibility index (Phi) is 5.33. The van der Waals surface area contributed by atoms with E-state index in [0.29, 0.717) is 18.2 Å². The van der Waals surface area contributed by atoms with Crippen molar-refractivity contribution in [3.63, 3.8) is 0 Å². The summed E-state index contributed by atoms with van der Waals surface area (Å²) in [6.07, 6.45) is 5.07. The van der Waals surface area contributed by atoms with Crippen LogP contribution in [0.15, 0.2) is 48.8 Å². The molecule has 0 atom stereocenters. The van der Waals surface area contributed by atoms with E-state index in [1.54, 1.807) is 6.20 Å². The van der Waals surface area contributed by atoms with Gasteiger partial charge in [-0.05, 0) is 36.1 Å². The molecule has 130 valence electrons. The first-order valence-corrected chi connectivity index (χ1v) is 8.66. The molecule has 3 N–H and O–H groups in total. The maximum atomic E-state index is 12.3. The molecule has 0 radical (unpaired) electrons. The van der Waals surface area contributed by atoms with Gasteiger partial charge < -0.3 is 15.6 Å². The van der Waals surface area contributed by atoms with Gasteiger partial charge in [0.2, 0.25) is 5.91 Å². The molecule has 5 heteroatoms. The van der Waals surface area contributed by atoms with E-state index in [4.69, 9.17) is 0 Å². The van der Waals surface area contributed by atoms with Crippen molar-refractivity contribution < 1.29 is 4.79 Å². The number of nitrogens with zero attached hydrogens (tertiary/aromatic N) is 1. The Labute approximate surface area is 147 Å². The van der Waals surface area contributed by atoms with E-state index in [1.807, 2.05) is 42.6 Å². The van der Waals surface area contributed by atoms with Gasteiger partial charge in [0.25, 0.3) is 0 Å². The molecule has 0 aliphatic heterocycles. The van der Waals surface area contributed by atoms with Gasteiger partial charge in [0.05, 0.1) is 18.3 Å². The van der Waals surface area contributed by atoms with Crippen LogP contribution in [0.4, 0.5) is 11.5 Å². The number of aromatic amines is 1. The monoisotopic (exact) mass is 336 g/mol. The van der Waals surface area contributed by atoms with Crippen LogP contribution in [0.2, 0.25) is 0 Å². The molecule has 25 heavy (non-hydrogen) atoms. The summed E-state index contributed by atoms with van der Waals surface area (Å²) in [5.74, 6) is 1.17. The van der Waals surface area contributed by atoms with Gasteiger partial charge in [0.15, 0.2) is 0 Å². The first-order chi connectivity index (χ1) is 12.1. The highest BCUT2D eigenvalue weighted by Gasteiger charge is 2.09. The lowest BCUT2D eigenvalue weighted by Gasteiger charge is -2.09. The van der Waals surface area contributed by atoms with Crippen molar-refractivity contribution >= 4 is 28.3 Å². The van der Waals surface area contributed by atoms with Crippen LogP contribution in [0.1, 0.15) is 25.8 Å². The molecule has 0 saturated heterocycles. The van der Waals surface area contributed by atoms with Gasteiger partial charge in [-0.25, -0.2) is 4.98 Å². The molecule has 0 bridgehead atoms. The fraction of sp³-hybridized carbons (Fsp3) is 0.300. The Bertz CT molecular complexity index is 836. The van der Waals surface area contributed by atoms with Gasteiger partial charge in [0, 0.05) is 23.6 Å². The van der Waals surface area contributed by atoms with E-state index in [-0.39, 0.29) is 5.91 Å². The van der Waals surface area contributed by atoms with Crippen LogP contribution >= 0.6 is 0 Å². The highest BCUT2D eigenvalue weighted by Crippen LogP contribution is 2.18. The molecular weight excluding hydrogens is 312 g/mol. The average molecular weight is 336 g/mol. The molecule has 0 unspecified atom stereocenters. The largest absolute Gasteiger partial charge is 0.384 e. The number of carbonyl (C=O) groups is 1. The van der Waals surface area contributed by atoms with Crippen molar-refractivity contribution in [2.24, 2.45) is 5.92 Å². The molecule has 2 aromatic heterocycles. The number of carbonyl (C=O) groups excluding carboxylic acids is 1. The average Bonchev–Trinajstić information content (AvgIpc) is 2.99. The van der Waals surface area contributed by atoms with Crippen LogP contribution < -0.4 is 10.6 Å². The quantitative estimate of drug-likeness (QED) is 0.605. The highest BCUT2D eigenvalue weighted by molar-refractivity contribution is 5.95. The molecule has 3 rings (SSSR count). The van der Waals surface area contributed by atoms with E-state index in [1.165, 1.54) is 0 Å². The van der Waals surface area contributed by atoms with Gasteiger partial charge in [-0.3, -0.25) is 4.79 Å². The predicted octanol–water partition coefficient (Wildman–Crippen LogP) is 4.20. The fourth-order valence-corrected chi connectivity index (χ4v) is 2.72. The minimum Gasteiger partial charge on any atom is -0.384 e. The number of anilines is 2. The summed E-state index contributed by atoms with van der Waals surface area (Å²) < 4.78 is 0. The molecule has 5 nitrogen and oxygen atoms in total. The van der Waals surface area contributed by atoms with Crippen LogP contribution in [0.3, 0.4) is 0 Å². The molecule has 1 aromatic carbocycles. The van der Waals surface area contributed by atoms with Crippen molar-refractivity contribution in [2.75, 3.05) is 17.2 Å². The summed E-state index contributed by atoms with van der Waals surface area (Å²) in [5.41, 5.74) is 3.00. The molecule has 3 aromatic rings. The number of nitrogens with one attached hydrogen (secondary N) is 3. The third-order valence-electron chi connectivity index (χ3n) is 4.11. The number of amides is 1. The molecule has 0 aliphatic rings. The second-order valence-electron chi connectivity index (χ2n) is 6.63. The zero-order valence-corrected chi connectivity index (χ0v) is 14.7. The normalized spacial score (nSPS) is 11.0. The summed E-state index contributed by atoms with van der Waals surface area (Å²) in [5, 5.41) is 7.27. The summed E-state index contributed by atoms with van der Waals surface area (Å²) in [6, 6.07) is 11.7. The number of H-pyrrole nitrogens is 1. The Morgan fingerprint density at radius 1 is 1.20 bits per heavy atom. The molecule has 0 fully saturated rings. The van der Waals surface area contributed by atoms with Crippen LogP contribution in [0.5, 0.6) is 0 Å². The number of benzene rings is 1. The number of fused-ring (bicyclic) bond motifs is 1. The Morgan fingerprint density at radius 3 is 2.80 bits per heavy atom. The lowest BCUT2D eigenvalue weighted by atomic mass is 10.1. The van der Waals surface area contributed by atoms with Crippen molar-refractivity contribution in [1.82, 2.24) is 9.97 Å². The Balaban J connectivity index is 1.56. The minimum atomic E-state index is -0.0715. The number of hydrogen-bond donors (Lipinski definition) is 3. The number of pyridine rings is 1. The van der Waals surface area contributed by atoms with E-state index in [9.17, 15) is 4.79 Å². The van der Waals surface area contributed by atoms with Crippen LogP contribution in [0, 0.1) is 5.92 Å². The van der Waals surface area contributed by atoms with Crippen LogP contribution in [0.25, 0.3) is 10.9 Å². The van der Waals surface area contributed by atoms with Crippen molar-refractivity contribution in [3.8, 4) is 0 Å². The summed E-state index contributed by atoms with van der Waals surface area (Å²) >= 11 is 0. The maximum Gasteiger partial charge on any atom is 0.230 e. The lowest BCUT2D eigenvalue weighted by molar-refractivity contribution is -0.115. The third kappa shape index (κ3) is 4.59. The molecule has 1 amide bonds. The Hall–Kier alpha value is -2.82. The first kappa shape index (κ1) is 17.0. The molecule has 0 aliphatic carbocycles. The second kappa shape index (κ2) is 7.83. The summed E-state index contributed by atoms with van der Waals surface area (Å²) in [4.78, 5) is 19.8. The van der Waals surface area contributed by atoms with Crippen LogP contribution in [-0.4, -0.2) is 22.4 Å². The molecule has 0 spiro atoms. The standard InChI is InChI=1S/C20H24N4O/c1-14(2)9-10-21-16-7-8-19(23-13-16)24-20(25)11-15-12-22-18-6-4-3-5-17(15)18/h3-8,12-14,21-22H,9-11H2,1-2H3,(H,23,24,25). The Morgan fingerprint density at radius 2 is 2.04 bits per heavy atom. The number of aromatic nitrogens is 2. The SMILES string of the molecule is CC(C)CCNc1ccc(NC(=O)Cc2c[nH]c3ccccc23)nc1. The van der Waals surface area contributed by atoms with E-state index in [2.05, 4.69) is 34.4 Å². The van der Waals surface area contributed by atoms with E-state index >= 15 is 0 Å². The van der Waals surface area contributed by atoms with E-state index in [0.717, 1.165) is 35.1 Å². The summed E-state index contributed by atoms with van der Waals surface area (Å²) in [7, 11) is 0. The van der Waals surface area contributed by atoms with Gasteiger partial charge in [0.1, 0.15) is 5.82 Å². The molecule has 0 saturated carbocycles. The van der Waals surface area contributed by atoms with E-state index < -0.39 is 0 Å². The van der Waals surface area contributed by atoms with Crippen molar-refractivity contribution in [3.05, 3.63) is 54.4 Å². The first-order valence-electron chi connectivity index (χ1n) is 8.66. The number of hydrogen-bond acceptors (Lipinski definition) is 3. The third-order valence-corrected chi connectivity index (χ3v) is 4.11. The fourth-order valence-electron chi connectivity index (χ4n) is 2.72. The van der Waals surface area contributed by atoms with Crippen molar-refractivity contribution in [1.29, 1.82) is 0 Å². The highest BCUT2D eigenvalue weighted by atomic mass is 16.1. The zero-order valence-electron chi connectivity index (χ0n) is 14.7. The van der Waals surface area contributed by atoms with Gasteiger partial charge >= 0.3 is 0 Å². The van der Waals surface area contributed by atoms with Crippen molar-refractivity contribution in [2.45, 2.75) is 26.7 Å². The smallest absolute Gasteiger partial charge is 0.230 e. The number of para-hydroxylation sites is 1. The second-order valence-corrected chi connectivity index (χ2v) is 6.63. The van der Waals surface area contributed by atoms with Crippen LogP contribution in [-0.2, 0) is 11.2 Å². The lowest BCUT2D eigenvalue weighted by Crippen LogP contribution is -2.15. The molecule has 2 heterocycles. The minimum absolute atomic E-state index is 0.0715. The molecular formula is C20H24N4O. The summed E-state index contributed by atoms with van der Waals surface area (Å²) in [6.45, 7) is 5.32. The topological polar surface area (TPSA) is 69.8 Å². The number of rotatable bonds is 7. The zero-order chi connectivity index (χ0) is 17.6.